The molecule has 1 heterocycles. The van der Waals surface area contributed by atoms with E-state index in [1.165, 1.54) is 0 Å². The lowest BCUT2D eigenvalue weighted by Crippen LogP contribution is -2.05. The zero-order valence-corrected chi connectivity index (χ0v) is 6.91. The van der Waals surface area contributed by atoms with E-state index in [-0.39, 0.29) is 6.04 Å². The number of hydrogen-bond donors (Lipinski definition) is 1. The highest BCUT2D eigenvalue weighted by atomic mass is 16.7. The molecule has 0 unspecified atom stereocenters. The minimum Gasteiger partial charge on any atom is -0.454 e. The van der Waals surface area contributed by atoms with Gasteiger partial charge < -0.3 is 15.2 Å². The van der Waals surface area contributed by atoms with Gasteiger partial charge in [-0.2, -0.15) is 0 Å². The fourth-order valence-electron chi connectivity index (χ4n) is 1.31. The largest absolute Gasteiger partial charge is 0.454 e. The molecular weight excluding hydrogens is 154 g/mol. The van der Waals surface area contributed by atoms with Gasteiger partial charge in [0.25, 0.3) is 0 Å². The summed E-state index contributed by atoms with van der Waals surface area (Å²) in [5.41, 5.74) is 6.76. The van der Waals surface area contributed by atoms with Gasteiger partial charge in [-0.3, -0.25) is 0 Å². The molecule has 0 spiro atoms. The second-order valence-corrected chi connectivity index (χ2v) is 2.87. The van der Waals surface area contributed by atoms with Crippen molar-refractivity contribution in [2.24, 2.45) is 5.73 Å². The Morgan fingerprint density at radius 3 is 3.00 bits per heavy atom. The molecule has 0 bridgehead atoms. The van der Waals surface area contributed by atoms with E-state index in [4.69, 9.17) is 15.2 Å². The van der Waals surface area contributed by atoms with E-state index in [1.54, 1.807) is 0 Å². The van der Waals surface area contributed by atoms with Crippen LogP contribution in [0.1, 0.15) is 18.5 Å². The highest BCUT2D eigenvalue weighted by molar-refractivity contribution is 5.49. The third-order valence-corrected chi connectivity index (χ3v) is 1.92. The van der Waals surface area contributed by atoms with Crippen molar-refractivity contribution in [1.82, 2.24) is 0 Å². The molecule has 1 atom stereocenters. The lowest BCUT2D eigenvalue weighted by Gasteiger charge is -2.07. The summed E-state index contributed by atoms with van der Waals surface area (Å²) in [5.74, 6) is 1.59. The Kier molecular flexibility index (Phi) is 1.66. The molecule has 0 saturated carbocycles. The molecule has 0 radical (unpaired) electrons. The molecule has 1 aliphatic rings. The highest BCUT2D eigenvalue weighted by Crippen LogP contribution is 2.37. The smallest absolute Gasteiger partial charge is 0.231 e. The average molecular weight is 165 g/mol. The summed E-state index contributed by atoms with van der Waals surface area (Å²) in [4.78, 5) is 0. The molecule has 12 heavy (non-hydrogen) atoms. The molecule has 0 fully saturated rings. The first-order valence-corrected chi connectivity index (χ1v) is 3.93. The van der Waals surface area contributed by atoms with Crippen LogP contribution in [0.2, 0.25) is 0 Å². The monoisotopic (exact) mass is 165 g/mol. The Hall–Kier alpha value is -1.22. The van der Waals surface area contributed by atoms with Gasteiger partial charge in [-0.05, 0) is 13.0 Å². The Morgan fingerprint density at radius 2 is 2.25 bits per heavy atom. The first-order chi connectivity index (χ1) is 5.79. The van der Waals surface area contributed by atoms with Crippen LogP contribution < -0.4 is 15.2 Å². The Bertz CT molecular complexity index is 297. The molecule has 0 aliphatic carbocycles. The molecule has 1 aromatic carbocycles. The third-order valence-electron chi connectivity index (χ3n) is 1.92. The van der Waals surface area contributed by atoms with Gasteiger partial charge in [-0.15, -0.1) is 0 Å². The molecule has 0 saturated heterocycles. The van der Waals surface area contributed by atoms with Crippen molar-refractivity contribution in [3.8, 4) is 11.5 Å². The first-order valence-electron chi connectivity index (χ1n) is 3.93. The molecule has 0 amide bonds. The molecule has 64 valence electrons. The van der Waals surface area contributed by atoms with Crippen LogP contribution in [-0.4, -0.2) is 6.79 Å². The van der Waals surface area contributed by atoms with Gasteiger partial charge in [-0.25, -0.2) is 0 Å². The zero-order chi connectivity index (χ0) is 8.55. The van der Waals surface area contributed by atoms with Crippen molar-refractivity contribution in [1.29, 1.82) is 0 Å². The first kappa shape index (κ1) is 7.43. The summed E-state index contributed by atoms with van der Waals surface area (Å²) in [7, 11) is 0. The van der Waals surface area contributed by atoms with Crippen molar-refractivity contribution in [3.63, 3.8) is 0 Å². The van der Waals surface area contributed by atoms with Gasteiger partial charge in [0, 0.05) is 11.6 Å². The number of rotatable bonds is 1. The van der Waals surface area contributed by atoms with Crippen molar-refractivity contribution >= 4 is 0 Å². The van der Waals surface area contributed by atoms with Crippen LogP contribution in [0.3, 0.4) is 0 Å². The molecule has 2 N–H and O–H groups in total. The number of benzene rings is 1. The number of ether oxygens (including phenoxy) is 2. The molecular formula is C9H11NO2. The van der Waals surface area contributed by atoms with Crippen LogP contribution in [0.5, 0.6) is 11.5 Å². The van der Waals surface area contributed by atoms with Crippen LogP contribution >= 0.6 is 0 Å². The SMILES string of the molecule is C[C@H](N)c1cccc2c1OCO2. The summed E-state index contributed by atoms with van der Waals surface area (Å²) >= 11 is 0. The van der Waals surface area contributed by atoms with Gasteiger partial charge in [0.05, 0.1) is 0 Å². The van der Waals surface area contributed by atoms with E-state index in [2.05, 4.69) is 0 Å². The highest BCUT2D eigenvalue weighted by Gasteiger charge is 2.18. The summed E-state index contributed by atoms with van der Waals surface area (Å²) in [6.45, 7) is 2.23. The maximum atomic E-state index is 5.75. The summed E-state index contributed by atoms with van der Waals surface area (Å²) in [6, 6.07) is 5.75. The van der Waals surface area contributed by atoms with E-state index in [1.807, 2.05) is 25.1 Å². The topological polar surface area (TPSA) is 44.5 Å². The van der Waals surface area contributed by atoms with Crippen molar-refractivity contribution in [2.75, 3.05) is 6.79 Å². The molecule has 1 aromatic rings. The molecule has 2 rings (SSSR count). The van der Waals surface area contributed by atoms with Crippen LogP contribution in [0.25, 0.3) is 0 Å². The van der Waals surface area contributed by atoms with Gasteiger partial charge in [-0.1, -0.05) is 12.1 Å². The van der Waals surface area contributed by atoms with Gasteiger partial charge in [0.15, 0.2) is 11.5 Å². The van der Waals surface area contributed by atoms with E-state index in [0.717, 1.165) is 17.1 Å². The van der Waals surface area contributed by atoms with Gasteiger partial charge >= 0.3 is 0 Å². The summed E-state index contributed by atoms with van der Waals surface area (Å²) < 4.78 is 10.5. The van der Waals surface area contributed by atoms with Crippen LogP contribution in [-0.2, 0) is 0 Å². The summed E-state index contributed by atoms with van der Waals surface area (Å²) in [5, 5.41) is 0. The Balaban J connectivity index is 2.49. The standard InChI is InChI=1S/C9H11NO2/c1-6(10)7-3-2-4-8-9(7)12-5-11-8/h2-4,6H,5,10H2,1H3/t6-/m0/s1. The van der Waals surface area contributed by atoms with Crippen molar-refractivity contribution in [3.05, 3.63) is 23.8 Å². The van der Waals surface area contributed by atoms with Crippen LogP contribution in [0.15, 0.2) is 18.2 Å². The quantitative estimate of drug-likeness (QED) is 0.684. The van der Waals surface area contributed by atoms with Gasteiger partial charge in [0.2, 0.25) is 6.79 Å². The number of para-hydroxylation sites is 1. The van der Waals surface area contributed by atoms with Crippen LogP contribution in [0, 0.1) is 0 Å². The number of fused-ring (bicyclic) bond motifs is 1. The lowest BCUT2D eigenvalue weighted by atomic mass is 10.1. The van der Waals surface area contributed by atoms with E-state index >= 15 is 0 Å². The predicted molar refractivity (Wildman–Crippen MR) is 45.2 cm³/mol. The van der Waals surface area contributed by atoms with E-state index in [9.17, 15) is 0 Å². The van der Waals surface area contributed by atoms with E-state index in [0.29, 0.717) is 6.79 Å². The number of nitrogens with two attached hydrogens (primary N) is 1. The fraction of sp³-hybridized carbons (Fsp3) is 0.333. The minimum atomic E-state index is -0.0124. The van der Waals surface area contributed by atoms with E-state index < -0.39 is 0 Å². The Morgan fingerprint density at radius 1 is 1.42 bits per heavy atom. The van der Waals surface area contributed by atoms with Gasteiger partial charge in [0.1, 0.15) is 0 Å². The second kappa shape index (κ2) is 2.68. The lowest BCUT2D eigenvalue weighted by molar-refractivity contribution is 0.173. The van der Waals surface area contributed by atoms with Crippen molar-refractivity contribution < 1.29 is 9.47 Å². The minimum absolute atomic E-state index is 0.0124. The predicted octanol–water partition coefficient (Wildman–Crippen LogP) is 1.44. The second-order valence-electron chi connectivity index (χ2n) is 2.87. The van der Waals surface area contributed by atoms with Crippen molar-refractivity contribution in [2.45, 2.75) is 13.0 Å². The van der Waals surface area contributed by atoms with Crippen LogP contribution in [0.4, 0.5) is 0 Å². The molecule has 1 aliphatic heterocycles. The maximum absolute atomic E-state index is 5.75. The molecule has 3 heteroatoms. The maximum Gasteiger partial charge on any atom is 0.231 e. The normalized spacial score (nSPS) is 16.2. The Labute approximate surface area is 71.1 Å². The molecule has 3 nitrogen and oxygen atoms in total. The zero-order valence-electron chi connectivity index (χ0n) is 6.91. The fourth-order valence-corrected chi connectivity index (χ4v) is 1.31. The number of hydrogen-bond acceptors (Lipinski definition) is 3. The average Bonchev–Trinajstić information content (AvgIpc) is 2.49. The molecule has 0 aromatic heterocycles. The third kappa shape index (κ3) is 1.02. The summed E-state index contributed by atoms with van der Waals surface area (Å²) in [6.07, 6.45) is 0.